The van der Waals surface area contributed by atoms with Crippen LogP contribution in [-0.4, -0.2) is 27.6 Å². The molecule has 8 heteroatoms. The second-order valence-corrected chi connectivity index (χ2v) is 9.24. The molecule has 0 fully saturated rings. The average molecular weight is 482 g/mol. The number of anilines is 2. The molecule has 3 rings (SSSR count). The first-order valence-electron chi connectivity index (χ1n) is 10.6. The molecule has 5 nitrogen and oxygen atoms in total. The molecule has 1 heterocycles. The molecule has 32 heavy (non-hydrogen) atoms. The van der Waals surface area contributed by atoms with E-state index in [1.807, 2.05) is 30.3 Å². The molecule has 0 amide bonds. The second-order valence-electron chi connectivity index (χ2n) is 7.37. The number of fused-ring (bicyclic) bond motifs is 1. The zero-order valence-corrected chi connectivity index (χ0v) is 20.1. The summed E-state index contributed by atoms with van der Waals surface area (Å²) >= 11 is 6.30. The number of unbranched alkanes of at least 4 members (excludes halogenated alkanes) is 1. The molecule has 0 bridgehead atoms. The minimum absolute atomic E-state index is 0.0492. The Balaban J connectivity index is 0.000000837. The zero-order valence-electron chi connectivity index (χ0n) is 18.5. The molecule has 2 aromatic rings. The summed E-state index contributed by atoms with van der Waals surface area (Å²) in [6.45, 7) is 7.10. The van der Waals surface area contributed by atoms with E-state index in [4.69, 9.17) is 21.4 Å². The molecule has 0 saturated heterocycles. The van der Waals surface area contributed by atoms with Gasteiger partial charge in [-0.1, -0.05) is 69.8 Å². The maximum atomic E-state index is 13.2. The van der Waals surface area contributed by atoms with E-state index in [0.717, 1.165) is 12.1 Å². The monoisotopic (exact) mass is 481 g/mol. The number of hydrogen-bond acceptors (Lipinski definition) is 4. The summed E-state index contributed by atoms with van der Waals surface area (Å²) in [6, 6.07) is 12.8. The van der Waals surface area contributed by atoms with Gasteiger partial charge in [-0.25, -0.2) is 4.79 Å². The standard InChI is InChI=1S/C20H19ClFNO4S.C4H10/c1-2-13-10-23(14-6-4-3-5-7-14)17-8-15(21)18(9-19(17)28(26)12-13)27-11-16(22)20(24)25;1-3-4-2/h3-9,11,13H,2,10,12H2,1H3,(H,24,25);3-4H2,1-2H3/b16-11-;/t13-,28?;/m0./s1. The van der Waals surface area contributed by atoms with Gasteiger partial charge in [0.25, 0.3) is 0 Å². The number of hydrogen-bond donors (Lipinski definition) is 1. The van der Waals surface area contributed by atoms with E-state index in [-0.39, 0.29) is 16.7 Å². The molecule has 1 aliphatic rings. The lowest BCUT2D eigenvalue weighted by atomic mass is 10.1. The second kappa shape index (κ2) is 12.6. The Morgan fingerprint density at radius 1 is 1.25 bits per heavy atom. The fraction of sp³-hybridized carbons (Fsp3) is 0.375. The first kappa shape index (κ1) is 25.9. The number of aliphatic carboxylic acids is 1. The molecular formula is C24H29ClFNO4S. The molecule has 0 aromatic heterocycles. The highest BCUT2D eigenvalue weighted by Gasteiger charge is 2.28. The summed E-state index contributed by atoms with van der Waals surface area (Å²) in [6.07, 6.45) is 3.98. The van der Waals surface area contributed by atoms with E-state index in [0.29, 0.717) is 29.1 Å². The van der Waals surface area contributed by atoms with Gasteiger partial charge in [-0.3, -0.25) is 4.21 Å². The summed E-state index contributed by atoms with van der Waals surface area (Å²) in [7, 11) is -1.31. The van der Waals surface area contributed by atoms with Crippen LogP contribution in [0.1, 0.15) is 40.0 Å². The quantitative estimate of drug-likeness (QED) is 0.367. The van der Waals surface area contributed by atoms with Gasteiger partial charge in [0.15, 0.2) is 0 Å². The highest BCUT2D eigenvalue weighted by atomic mass is 35.5. The van der Waals surface area contributed by atoms with Crippen molar-refractivity contribution in [3.8, 4) is 5.75 Å². The molecule has 0 aliphatic carbocycles. The number of nitrogens with zero attached hydrogens (tertiary/aromatic N) is 1. The van der Waals surface area contributed by atoms with Crippen molar-refractivity contribution < 1.29 is 23.2 Å². The van der Waals surface area contributed by atoms with Crippen LogP contribution in [0, 0.1) is 5.92 Å². The number of rotatable bonds is 6. The number of halogens is 2. The Morgan fingerprint density at radius 2 is 1.91 bits per heavy atom. The highest BCUT2D eigenvalue weighted by Crippen LogP contribution is 2.41. The molecule has 1 aliphatic heterocycles. The molecule has 0 radical (unpaired) electrons. The van der Waals surface area contributed by atoms with Crippen molar-refractivity contribution in [1.29, 1.82) is 0 Å². The molecule has 174 valence electrons. The summed E-state index contributed by atoms with van der Waals surface area (Å²) in [5.41, 5.74) is 1.64. The number of carbonyl (C=O) groups is 1. The van der Waals surface area contributed by atoms with Crippen molar-refractivity contribution in [2.75, 3.05) is 17.2 Å². The van der Waals surface area contributed by atoms with Crippen LogP contribution in [0.15, 0.2) is 59.4 Å². The lowest BCUT2D eigenvalue weighted by Gasteiger charge is -2.27. The van der Waals surface area contributed by atoms with Crippen molar-refractivity contribution in [3.05, 3.63) is 59.6 Å². The first-order valence-corrected chi connectivity index (χ1v) is 12.3. The van der Waals surface area contributed by atoms with Crippen LogP contribution in [0.2, 0.25) is 5.02 Å². The predicted molar refractivity (Wildman–Crippen MR) is 128 cm³/mol. The number of benzene rings is 2. The van der Waals surface area contributed by atoms with Crippen LogP contribution in [-0.2, 0) is 15.6 Å². The van der Waals surface area contributed by atoms with E-state index >= 15 is 0 Å². The van der Waals surface area contributed by atoms with Crippen molar-refractivity contribution in [3.63, 3.8) is 0 Å². The fourth-order valence-corrected chi connectivity index (χ4v) is 4.78. The third-order valence-electron chi connectivity index (χ3n) is 5.02. The lowest BCUT2D eigenvalue weighted by molar-refractivity contribution is -0.134. The molecule has 0 saturated carbocycles. The zero-order chi connectivity index (χ0) is 23.7. The molecule has 1 unspecified atom stereocenters. The van der Waals surface area contributed by atoms with Crippen molar-refractivity contribution in [2.45, 2.75) is 44.9 Å². The Morgan fingerprint density at radius 3 is 2.47 bits per heavy atom. The van der Waals surface area contributed by atoms with Gasteiger partial charge in [0.05, 0.1) is 26.4 Å². The SMILES string of the molecule is CCCC.CC[C@H]1CN(c2ccccc2)c2cc(Cl)c(O/C=C(\F)C(=O)O)cc2S(=O)C1. The maximum absolute atomic E-state index is 13.2. The fourth-order valence-electron chi connectivity index (χ4n) is 2.99. The predicted octanol–water partition coefficient (Wildman–Crippen LogP) is 6.71. The minimum Gasteiger partial charge on any atom is -0.476 e. The van der Waals surface area contributed by atoms with Gasteiger partial charge >= 0.3 is 5.97 Å². The van der Waals surface area contributed by atoms with E-state index in [9.17, 15) is 13.4 Å². The summed E-state index contributed by atoms with van der Waals surface area (Å²) < 4.78 is 31.3. The number of ether oxygens (including phenoxy) is 1. The third kappa shape index (κ3) is 6.81. The minimum atomic E-state index is -1.74. The number of para-hydroxylation sites is 1. The Labute approximate surface area is 196 Å². The van der Waals surface area contributed by atoms with Crippen LogP contribution in [0.5, 0.6) is 5.75 Å². The first-order chi connectivity index (χ1) is 15.3. The van der Waals surface area contributed by atoms with Crippen molar-refractivity contribution >= 4 is 39.7 Å². The molecular weight excluding hydrogens is 453 g/mol. The van der Waals surface area contributed by atoms with Crippen molar-refractivity contribution in [2.24, 2.45) is 5.92 Å². The van der Waals surface area contributed by atoms with Crippen LogP contribution in [0.25, 0.3) is 0 Å². The summed E-state index contributed by atoms with van der Waals surface area (Å²) in [4.78, 5) is 13.2. The molecule has 1 N–H and O–H groups in total. The van der Waals surface area contributed by atoms with E-state index in [2.05, 4.69) is 25.7 Å². The van der Waals surface area contributed by atoms with Gasteiger partial charge < -0.3 is 14.7 Å². The molecule has 2 atom stereocenters. The lowest BCUT2D eigenvalue weighted by Crippen LogP contribution is -2.25. The molecule has 2 aromatic carbocycles. The third-order valence-corrected chi connectivity index (χ3v) is 6.90. The van der Waals surface area contributed by atoms with Crippen LogP contribution < -0.4 is 9.64 Å². The average Bonchev–Trinajstić information content (AvgIpc) is 2.93. The Bertz CT molecular complexity index is 966. The van der Waals surface area contributed by atoms with Gasteiger partial charge in [-0.15, -0.1) is 0 Å². The maximum Gasteiger partial charge on any atom is 0.368 e. The summed E-state index contributed by atoms with van der Waals surface area (Å²) in [5.74, 6) is -2.46. The van der Waals surface area contributed by atoms with Gasteiger partial charge in [0.2, 0.25) is 5.83 Å². The topological polar surface area (TPSA) is 66.8 Å². The van der Waals surface area contributed by atoms with E-state index in [1.54, 1.807) is 6.07 Å². The Kier molecular flexibility index (Phi) is 10.2. The van der Waals surface area contributed by atoms with Crippen LogP contribution in [0.4, 0.5) is 15.8 Å². The van der Waals surface area contributed by atoms with Crippen LogP contribution >= 0.6 is 11.6 Å². The van der Waals surface area contributed by atoms with E-state index in [1.165, 1.54) is 18.9 Å². The normalized spacial score (nSPS) is 18.2. The number of carboxylic acid groups (broad SMARTS) is 1. The Hall–Kier alpha value is -2.38. The molecule has 0 spiro atoms. The smallest absolute Gasteiger partial charge is 0.368 e. The van der Waals surface area contributed by atoms with Gasteiger partial charge in [0.1, 0.15) is 12.0 Å². The van der Waals surface area contributed by atoms with Crippen LogP contribution in [0.3, 0.4) is 0 Å². The van der Waals surface area contributed by atoms with Gasteiger partial charge in [-0.2, -0.15) is 4.39 Å². The largest absolute Gasteiger partial charge is 0.476 e. The summed E-state index contributed by atoms with van der Waals surface area (Å²) in [5, 5.41) is 8.77. The van der Waals surface area contributed by atoms with Crippen molar-refractivity contribution in [1.82, 2.24) is 0 Å². The number of carboxylic acids is 1. The van der Waals surface area contributed by atoms with Gasteiger partial charge in [0, 0.05) is 24.1 Å². The highest BCUT2D eigenvalue weighted by molar-refractivity contribution is 7.85. The van der Waals surface area contributed by atoms with E-state index < -0.39 is 22.6 Å². The van der Waals surface area contributed by atoms with Gasteiger partial charge in [-0.05, 0) is 24.1 Å².